The molecule has 1 aliphatic rings. The summed E-state index contributed by atoms with van der Waals surface area (Å²) in [6.45, 7) is 6.72. The van der Waals surface area contributed by atoms with Gasteiger partial charge in [-0.25, -0.2) is 4.68 Å². The summed E-state index contributed by atoms with van der Waals surface area (Å²) in [5.41, 5.74) is 2.53. The van der Waals surface area contributed by atoms with Crippen molar-refractivity contribution in [1.29, 1.82) is 0 Å². The first-order valence-electron chi connectivity index (χ1n) is 8.44. The van der Waals surface area contributed by atoms with Crippen LogP contribution in [0.15, 0.2) is 34.9 Å². The van der Waals surface area contributed by atoms with Gasteiger partial charge in [0, 0.05) is 23.6 Å². The van der Waals surface area contributed by atoms with E-state index in [1.165, 1.54) is 0 Å². The average molecular weight is 391 g/mol. The van der Waals surface area contributed by atoms with Crippen LogP contribution < -0.4 is 5.32 Å². The van der Waals surface area contributed by atoms with Gasteiger partial charge in [0.2, 0.25) is 0 Å². The Morgan fingerprint density at radius 3 is 2.79 bits per heavy atom. The molecule has 2 aromatic rings. The zero-order valence-corrected chi connectivity index (χ0v) is 15.7. The van der Waals surface area contributed by atoms with E-state index in [1.54, 1.807) is 6.20 Å². The Labute approximate surface area is 151 Å². The fourth-order valence-electron chi connectivity index (χ4n) is 3.21. The lowest BCUT2D eigenvalue weighted by Crippen LogP contribution is -2.42. The van der Waals surface area contributed by atoms with Gasteiger partial charge in [-0.15, -0.1) is 0 Å². The van der Waals surface area contributed by atoms with Crippen molar-refractivity contribution in [2.24, 2.45) is 0 Å². The van der Waals surface area contributed by atoms with Crippen molar-refractivity contribution in [3.8, 4) is 5.69 Å². The largest absolute Gasteiger partial charge is 0.334 e. The lowest BCUT2D eigenvalue weighted by atomic mass is 10.1. The number of carbonyl (C=O) groups is 1. The van der Waals surface area contributed by atoms with E-state index in [2.05, 4.69) is 33.3 Å². The highest BCUT2D eigenvalue weighted by Crippen LogP contribution is 2.20. The second kappa shape index (κ2) is 7.49. The van der Waals surface area contributed by atoms with E-state index in [-0.39, 0.29) is 11.9 Å². The molecule has 1 saturated heterocycles. The Morgan fingerprint density at radius 2 is 2.17 bits per heavy atom. The Morgan fingerprint density at radius 1 is 1.42 bits per heavy atom. The summed E-state index contributed by atoms with van der Waals surface area (Å²) in [6, 6.07) is 8.22. The highest BCUT2D eigenvalue weighted by Gasteiger charge is 2.28. The first-order chi connectivity index (χ1) is 11.6. The number of nitrogens with one attached hydrogen (secondary N) is 1. The van der Waals surface area contributed by atoms with E-state index >= 15 is 0 Å². The van der Waals surface area contributed by atoms with E-state index < -0.39 is 0 Å². The molecule has 0 aliphatic carbocycles. The molecule has 24 heavy (non-hydrogen) atoms. The molecule has 0 bridgehead atoms. The fraction of sp³-hybridized carbons (Fsp3) is 0.444. The second-order valence-corrected chi connectivity index (χ2v) is 7.09. The third kappa shape index (κ3) is 3.39. The molecule has 3 rings (SSSR count). The van der Waals surface area contributed by atoms with Gasteiger partial charge in [0.15, 0.2) is 0 Å². The number of amides is 1. The van der Waals surface area contributed by atoms with E-state index in [9.17, 15) is 4.79 Å². The van der Waals surface area contributed by atoms with Gasteiger partial charge in [0.1, 0.15) is 0 Å². The molecule has 0 radical (unpaired) electrons. The maximum absolute atomic E-state index is 13.1. The number of rotatable bonds is 5. The number of halogens is 1. The number of hydrogen-bond donors (Lipinski definition) is 1. The SMILES string of the molecule is CCCN(C(=O)c1cnn(-c2ccc(Br)cc2)c1C)C1CCNC1. The molecule has 128 valence electrons. The molecule has 6 heteroatoms. The number of hydrogen-bond acceptors (Lipinski definition) is 3. The lowest BCUT2D eigenvalue weighted by Gasteiger charge is -2.28. The molecular weight excluding hydrogens is 368 g/mol. The topological polar surface area (TPSA) is 50.2 Å². The molecule has 1 aromatic carbocycles. The highest BCUT2D eigenvalue weighted by molar-refractivity contribution is 9.10. The molecular formula is C18H23BrN4O. The zero-order valence-electron chi connectivity index (χ0n) is 14.1. The van der Waals surface area contributed by atoms with Crippen LogP contribution in [0, 0.1) is 6.92 Å². The third-order valence-corrected chi connectivity index (χ3v) is 5.04. The minimum atomic E-state index is 0.0893. The summed E-state index contributed by atoms with van der Waals surface area (Å²) in [5.74, 6) is 0.0893. The van der Waals surface area contributed by atoms with Crippen LogP contribution in [0.1, 0.15) is 35.8 Å². The third-order valence-electron chi connectivity index (χ3n) is 4.51. The van der Waals surface area contributed by atoms with Crippen molar-refractivity contribution in [2.45, 2.75) is 32.7 Å². The molecule has 1 unspecified atom stereocenters. The normalized spacial score (nSPS) is 17.2. The van der Waals surface area contributed by atoms with Gasteiger partial charge >= 0.3 is 0 Å². The predicted octanol–water partition coefficient (Wildman–Crippen LogP) is 3.16. The van der Waals surface area contributed by atoms with E-state index in [0.29, 0.717) is 5.56 Å². The maximum Gasteiger partial charge on any atom is 0.257 e. The summed E-state index contributed by atoms with van der Waals surface area (Å²) in [5, 5.41) is 7.79. The van der Waals surface area contributed by atoms with Crippen molar-refractivity contribution in [3.63, 3.8) is 0 Å². The summed E-state index contributed by atoms with van der Waals surface area (Å²) in [6.07, 6.45) is 3.68. The summed E-state index contributed by atoms with van der Waals surface area (Å²) in [7, 11) is 0. The monoisotopic (exact) mass is 390 g/mol. The van der Waals surface area contributed by atoms with Gasteiger partial charge < -0.3 is 10.2 Å². The fourth-order valence-corrected chi connectivity index (χ4v) is 3.48. The summed E-state index contributed by atoms with van der Waals surface area (Å²) < 4.78 is 2.85. The minimum Gasteiger partial charge on any atom is -0.334 e. The number of aromatic nitrogens is 2. The van der Waals surface area contributed by atoms with Crippen LogP contribution in [0.4, 0.5) is 0 Å². The van der Waals surface area contributed by atoms with Crippen LogP contribution >= 0.6 is 15.9 Å². The average Bonchev–Trinajstić information content (AvgIpc) is 3.23. The van der Waals surface area contributed by atoms with Crippen LogP contribution in [-0.4, -0.2) is 46.3 Å². The molecule has 1 aliphatic heterocycles. The molecule has 1 aromatic heterocycles. The molecule has 5 nitrogen and oxygen atoms in total. The minimum absolute atomic E-state index is 0.0893. The molecule has 2 heterocycles. The van der Waals surface area contributed by atoms with Gasteiger partial charge in [-0.2, -0.15) is 5.10 Å². The first kappa shape index (κ1) is 17.2. The van der Waals surface area contributed by atoms with Crippen molar-refractivity contribution >= 4 is 21.8 Å². The van der Waals surface area contributed by atoms with E-state index in [1.807, 2.05) is 40.8 Å². The van der Waals surface area contributed by atoms with Crippen molar-refractivity contribution < 1.29 is 4.79 Å². The standard InChI is InChI=1S/C18H23BrN4O/c1-3-10-22(16-8-9-20-11-16)18(24)17-12-21-23(13(17)2)15-6-4-14(19)5-7-15/h4-7,12,16,20H,3,8-11H2,1-2H3. The predicted molar refractivity (Wildman–Crippen MR) is 98.6 cm³/mol. The molecule has 1 N–H and O–H groups in total. The van der Waals surface area contributed by atoms with Crippen LogP contribution in [-0.2, 0) is 0 Å². The Hall–Kier alpha value is -1.66. The first-order valence-corrected chi connectivity index (χ1v) is 9.23. The Balaban J connectivity index is 1.88. The zero-order chi connectivity index (χ0) is 17.1. The van der Waals surface area contributed by atoms with Crippen molar-refractivity contribution in [1.82, 2.24) is 20.0 Å². The number of nitrogens with zero attached hydrogens (tertiary/aromatic N) is 3. The van der Waals surface area contributed by atoms with Crippen molar-refractivity contribution in [3.05, 3.63) is 46.2 Å². The maximum atomic E-state index is 13.1. The Bertz CT molecular complexity index is 704. The van der Waals surface area contributed by atoms with Gasteiger partial charge in [-0.05, 0) is 50.6 Å². The molecule has 1 amide bonds. The van der Waals surface area contributed by atoms with Crippen LogP contribution in [0.2, 0.25) is 0 Å². The summed E-state index contributed by atoms with van der Waals surface area (Å²) >= 11 is 3.44. The Kier molecular flexibility index (Phi) is 5.36. The van der Waals surface area contributed by atoms with Gasteiger partial charge in [0.25, 0.3) is 5.91 Å². The van der Waals surface area contributed by atoms with Gasteiger partial charge in [0.05, 0.1) is 23.1 Å². The second-order valence-electron chi connectivity index (χ2n) is 6.18. The van der Waals surface area contributed by atoms with Crippen LogP contribution in [0.25, 0.3) is 5.69 Å². The molecule has 0 saturated carbocycles. The van der Waals surface area contributed by atoms with E-state index in [0.717, 1.165) is 48.3 Å². The lowest BCUT2D eigenvalue weighted by molar-refractivity contribution is 0.0691. The number of carbonyl (C=O) groups excluding carboxylic acids is 1. The van der Waals surface area contributed by atoms with Crippen LogP contribution in [0.3, 0.4) is 0 Å². The van der Waals surface area contributed by atoms with Crippen molar-refractivity contribution in [2.75, 3.05) is 19.6 Å². The molecule has 0 spiro atoms. The van der Waals surface area contributed by atoms with Gasteiger partial charge in [-0.3, -0.25) is 4.79 Å². The van der Waals surface area contributed by atoms with Gasteiger partial charge in [-0.1, -0.05) is 22.9 Å². The highest BCUT2D eigenvalue weighted by atomic mass is 79.9. The van der Waals surface area contributed by atoms with Crippen LogP contribution in [0.5, 0.6) is 0 Å². The molecule has 1 atom stereocenters. The molecule has 1 fully saturated rings. The summed E-state index contributed by atoms with van der Waals surface area (Å²) in [4.78, 5) is 15.1. The number of benzene rings is 1. The van der Waals surface area contributed by atoms with E-state index in [4.69, 9.17) is 0 Å². The smallest absolute Gasteiger partial charge is 0.257 e. The quantitative estimate of drug-likeness (QED) is 0.852.